The molecule has 1 saturated heterocycles. The second kappa shape index (κ2) is 11.8. The summed E-state index contributed by atoms with van der Waals surface area (Å²) < 4.78 is 27.1. The molecule has 8 heteroatoms. The van der Waals surface area contributed by atoms with Crippen LogP contribution < -0.4 is 10.2 Å². The average molecular weight is 548 g/mol. The first-order valence-electron chi connectivity index (χ1n) is 13.5. The topological polar surface area (TPSA) is 69.7 Å². The van der Waals surface area contributed by atoms with Gasteiger partial charge in [0.1, 0.15) is 5.82 Å². The number of anilines is 1. The molecule has 0 aliphatic carbocycles. The molecule has 0 bridgehead atoms. The lowest BCUT2D eigenvalue weighted by Crippen LogP contribution is -2.40. The van der Waals surface area contributed by atoms with E-state index in [1.54, 1.807) is 54.6 Å². The number of halogens is 1. The summed E-state index contributed by atoms with van der Waals surface area (Å²) in [6.07, 6.45) is 2.12. The number of rotatable bonds is 7. The maximum Gasteiger partial charge on any atom is 0.259 e. The molecular weight excluding hydrogens is 513 g/mol. The van der Waals surface area contributed by atoms with E-state index in [2.05, 4.69) is 24.1 Å². The third kappa shape index (κ3) is 6.12. The number of carbonyl (C=O) groups excluding carboxylic acids is 2. The summed E-state index contributed by atoms with van der Waals surface area (Å²) in [5, 5.41) is 3.01. The zero-order valence-electron chi connectivity index (χ0n) is 22.4. The van der Waals surface area contributed by atoms with Crippen molar-refractivity contribution in [2.75, 3.05) is 31.1 Å². The molecule has 3 atom stereocenters. The Morgan fingerprint density at radius 3 is 2.46 bits per heavy atom. The van der Waals surface area contributed by atoms with E-state index >= 15 is 0 Å². The van der Waals surface area contributed by atoms with E-state index in [1.807, 2.05) is 0 Å². The van der Waals surface area contributed by atoms with E-state index in [0.29, 0.717) is 45.0 Å². The summed E-state index contributed by atoms with van der Waals surface area (Å²) in [6.45, 7) is 8.41. The Kier molecular flexibility index (Phi) is 8.23. The zero-order chi connectivity index (χ0) is 27.5. The van der Waals surface area contributed by atoms with Crippen molar-refractivity contribution < 1.29 is 18.2 Å². The fourth-order valence-corrected chi connectivity index (χ4v) is 7.06. The number of likely N-dealkylation sites (tertiary alicyclic amines) is 1. The Labute approximate surface area is 231 Å². The van der Waals surface area contributed by atoms with Gasteiger partial charge in [0.05, 0.1) is 38.4 Å². The van der Waals surface area contributed by atoms with Crippen molar-refractivity contribution in [2.24, 2.45) is 11.8 Å². The van der Waals surface area contributed by atoms with Gasteiger partial charge in [0.15, 0.2) is 0 Å². The maximum atomic E-state index is 13.7. The molecule has 3 aromatic rings. The Morgan fingerprint density at radius 1 is 1.00 bits per heavy atom. The lowest BCUT2D eigenvalue weighted by molar-refractivity contribution is 0.0944. The molecule has 0 spiro atoms. The number of nitrogens with one attached hydrogen (secondary N) is 1. The highest BCUT2D eigenvalue weighted by atomic mass is 32.2. The molecule has 1 fully saturated rings. The van der Waals surface area contributed by atoms with Crippen molar-refractivity contribution in [3.63, 3.8) is 0 Å². The lowest BCUT2D eigenvalue weighted by Gasteiger charge is -2.34. The van der Waals surface area contributed by atoms with Crippen LogP contribution in [0.2, 0.25) is 0 Å². The first-order valence-corrected chi connectivity index (χ1v) is 14.7. The minimum atomic E-state index is -1.61. The molecule has 2 heterocycles. The lowest BCUT2D eigenvalue weighted by atomic mass is 9.92. The number of hydrogen-bond acceptors (Lipinski definition) is 4. The number of piperidine rings is 1. The van der Waals surface area contributed by atoms with Crippen molar-refractivity contribution in [3.8, 4) is 0 Å². The monoisotopic (exact) mass is 547 g/mol. The van der Waals surface area contributed by atoms with Gasteiger partial charge in [-0.3, -0.25) is 9.59 Å². The van der Waals surface area contributed by atoms with Gasteiger partial charge in [-0.15, -0.1) is 0 Å². The molecule has 0 aromatic heterocycles. The average Bonchev–Trinajstić information content (AvgIpc) is 3.01. The third-order valence-corrected chi connectivity index (χ3v) is 8.91. The molecule has 3 aromatic carbocycles. The van der Waals surface area contributed by atoms with Gasteiger partial charge in [0.25, 0.3) is 11.8 Å². The molecule has 0 unspecified atom stereocenters. The second-order valence-electron chi connectivity index (χ2n) is 10.8. The molecule has 2 aliphatic rings. The highest BCUT2D eigenvalue weighted by Crippen LogP contribution is 2.36. The van der Waals surface area contributed by atoms with Crippen LogP contribution in [0.5, 0.6) is 0 Å². The van der Waals surface area contributed by atoms with E-state index in [0.717, 1.165) is 31.6 Å². The van der Waals surface area contributed by atoms with Crippen LogP contribution in [-0.4, -0.2) is 47.1 Å². The summed E-state index contributed by atoms with van der Waals surface area (Å²) in [7, 11) is -1.61. The van der Waals surface area contributed by atoms with E-state index in [1.165, 1.54) is 23.5 Å². The van der Waals surface area contributed by atoms with Crippen molar-refractivity contribution in [3.05, 3.63) is 89.2 Å². The predicted molar refractivity (Wildman–Crippen MR) is 151 cm³/mol. The van der Waals surface area contributed by atoms with Crippen LogP contribution in [0.25, 0.3) is 0 Å². The van der Waals surface area contributed by atoms with E-state index in [-0.39, 0.29) is 24.2 Å². The van der Waals surface area contributed by atoms with Crippen LogP contribution in [0.15, 0.2) is 76.5 Å². The highest BCUT2D eigenvalue weighted by molar-refractivity contribution is 7.85. The summed E-state index contributed by atoms with van der Waals surface area (Å²) in [5.41, 5.74) is 1.88. The van der Waals surface area contributed by atoms with Gasteiger partial charge in [0, 0.05) is 25.2 Å². The quantitative estimate of drug-likeness (QED) is 0.410. The van der Waals surface area contributed by atoms with Crippen molar-refractivity contribution >= 4 is 28.3 Å². The molecule has 0 radical (unpaired) electrons. The first-order chi connectivity index (χ1) is 18.8. The van der Waals surface area contributed by atoms with Gasteiger partial charge < -0.3 is 15.1 Å². The van der Waals surface area contributed by atoms with Gasteiger partial charge in [-0.05, 0) is 79.3 Å². The fraction of sp³-hybridized carbons (Fsp3) is 0.355. The maximum absolute atomic E-state index is 13.7. The van der Waals surface area contributed by atoms with Crippen molar-refractivity contribution in [1.82, 2.24) is 10.2 Å². The van der Waals surface area contributed by atoms with Crippen molar-refractivity contribution in [2.45, 2.75) is 43.0 Å². The number of nitrogens with zero attached hydrogens (tertiary/aromatic N) is 2. The molecule has 204 valence electrons. The van der Waals surface area contributed by atoms with Crippen LogP contribution in [0.1, 0.15) is 53.0 Å². The van der Waals surface area contributed by atoms with E-state index in [4.69, 9.17) is 0 Å². The zero-order valence-corrected chi connectivity index (χ0v) is 23.2. The minimum absolute atomic E-state index is 0.148. The second-order valence-corrected chi connectivity index (χ2v) is 12.2. The largest absolute Gasteiger partial charge is 0.352 e. The van der Waals surface area contributed by atoms with E-state index in [9.17, 15) is 18.2 Å². The molecule has 2 aliphatic heterocycles. The van der Waals surface area contributed by atoms with Gasteiger partial charge in [-0.1, -0.05) is 38.1 Å². The Balaban J connectivity index is 1.36. The smallest absolute Gasteiger partial charge is 0.259 e. The van der Waals surface area contributed by atoms with Crippen LogP contribution in [0, 0.1) is 17.7 Å². The summed E-state index contributed by atoms with van der Waals surface area (Å²) in [5.74, 6) is 0.473. The summed E-state index contributed by atoms with van der Waals surface area (Å²) in [6, 6.07) is 17.8. The fourth-order valence-electron chi connectivity index (χ4n) is 5.72. The number of benzene rings is 3. The van der Waals surface area contributed by atoms with Gasteiger partial charge in [0.2, 0.25) is 0 Å². The van der Waals surface area contributed by atoms with Crippen LogP contribution in [0.4, 0.5) is 10.1 Å². The predicted octanol–water partition coefficient (Wildman–Crippen LogP) is 5.25. The van der Waals surface area contributed by atoms with Gasteiger partial charge >= 0.3 is 0 Å². The highest BCUT2D eigenvalue weighted by Gasteiger charge is 2.31. The van der Waals surface area contributed by atoms with Gasteiger partial charge in [-0.25, -0.2) is 8.60 Å². The van der Waals surface area contributed by atoms with E-state index < -0.39 is 10.8 Å². The SMILES string of the molecule is C[C@@H]1C[C@H](C)CN(CCCNC(=O)c2ccc3c(c2)N(Cc2ccc(F)cc2)C(=O)c2ccccc2[S@]3=O)C1. The number of carbonyl (C=O) groups is 2. The Morgan fingerprint density at radius 2 is 1.72 bits per heavy atom. The first kappa shape index (κ1) is 27.2. The van der Waals surface area contributed by atoms with Gasteiger partial charge in [-0.2, -0.15) is 0 Å². The number of hydrogen-bond donors (Lipinski definition) is 1. The number of amides is 2. The molecule has 2 amide bonds. The molecule has 0 saturated carbocycles. The van der Waals surface area contributed by atoms with Crippen LogP contribution in [0.3, 0.4) is 0 Å². The number of fused-ring (bicyclic) bond motifs is 2. The Bertz CT molecular complexity index is 1380. The van der Waals surface area contributed by atoms with Crippen LogP contribution in [-0.2, 0) is 17.3 Å². The summed E-state index contributed by atoms with van der Waals surface area (Å²) in [4.78, 5) is 31.7. The molecule has 39 heavy (non-hydrogen) atoms. The molecule has 1 N–H and O–H groups in total. The molecule has 5 rings (SSSR count). The molecule has 6 nitrogen and oxygen atoms in total. The molecular formula is C31H34FN3O3S. The van der Waals surface area contributed by atoms with Crippen molar-refractivity contribution in [1.29, 1.82) is 0 Å². The summed E-state index contributed by atoms with van der Waals surface area (Å²) >= 11 is 0. The standard InChI is InChI=1S/C31H34FN3O3S/c1-21-16-22(2)19-34(18-21)15-5-14-33-30(36)24-10-13-29-27(17-24)35(20-23-8-11-25(32)12-9-23)31(37)26-6-3-4-7-28(26)39(29)38/h3-4,6-13,17,21-22H,5,14-16,18-20H2,1-2H3,(H,33,36)/t21-,22+,39-/m1/s1. The Hall–Kier alpha value is -3.36. The third-order valence-electron chi connectivity index (χ3n) is 7.41. The minimum Gasteiger partial charge on any atom is -0.352 e. The van der Waals surface area contributed by atoms with Crippen LogP contribution >= 0.6 is 0 Å². The normalized spacial score (nSPS) is 21.2.